The third-order valence-corrected chi connectivity index (χ3v) is 6.69. The number of sulfonamides is 1. The number of nitrogens with zero attached hydrogens (tertiary/aromatic N) is 1. The Balaban J connectivity index is 1.45. The highest BCUT2D eigenvalue weighted by Crippen LogP contribution is 2.20. The first-order valence-electron chi connectivity index (χ1n) is 10.2. The largest absolute Gasteiger partial charge is 0.352 e. The topological polar surface area (TPSA) is 118 Å². The molecule has 31 heavy (non-hydrogen) atoms. The minimum absolute atomic E-state index is 0.00487. The van der Waals surface area contributed by atoms with E-state index in [0.29, 0.717) is 18.5 Å². The van der Waals surface area contributed by atoms with Gasteiger partial charge in [0.05, 0.1) is 9.82 Å². The average molecular weight is 444 g/mol. The highest BCUT2D eigenvalue weighted by Gasteiger charge is 2.22. The zero-order chi connectivity index (χ0) is 22.3. The molecule has 0 bridgehead atoms. The summed E-state index contributed by atoms with van der Waals surface area (Å²) < 4.78 is 27.6. The maximum atomic E-state index is 12.4. The molecule has 0 aliphatic heterocycles. The van der Waals surface area contributed by atoms with Crippen LogP contribution in [0.3, 0.4) is 0 Å². The lowest BCUT2D eigenvalue weighted by atomic mass is 10.1. The van der Waals surface area contributed by atoms with Gasteiger partial charge in [0, 0.05) is 30.8 Å². The van der Waals surface area contributed by atoms with E-state index in [1.54, 1.807) is 42.5 Å². The number of nitro benzene ring substituents is 1. The van der Waals surface area contributed by atoms with E-state index in [2.05, 4.69) is 10.0 Å². The summed E-state index contributed by atoms with van der Waals surface area (Å²) in [6.45, 7) is 0.399. The molecule has 1 aliphatic carbocycles. The number of nitro groups is 1. The molecule has 0 saturated heterocycles. The van der Waals surface area contributed by atoms with Crippen molar-refractivity contribution in [2.45, 2.75) is 43.0 Å². The van der Waals surface area contributed by atoms with Crippen molar-refractivity contribution in [3.8, 4) is 0 Å². The second-order valence-corrected chi connectivity index (χ2v) is 9.18. The standard InChI is InChI=1S/C22H25N3O5S/c26-22(14-9-17-5-10-20(11-6-17)25(27)28)23-16-15-18-7-12-21(13-8-18)31(29,30)24-19-3-1-2-4-19/h5-14,19,24H,1-4,15-16H2,(H,23,26)/b14-9+. The van der Waals surface area contributed by atoms with Crippen molar-refractivity contribution in [2.24, 2.45) is 0 Å². The third kappa shape index (κ3) is 6.73. The molecule has 2 N–H and O–H groups in total. The van der Waals surface area contributed by atoms with Gasteiger partial charge < -0.3 is 5.32 Å². The van der Waals surface area contributed by atoms with Crippen LogP contribution >= 0.6 is 0 Å². The van der Waals surface area contributed by atoms with Gasteiger partial charge in [-0.05, 0) is 60.7 Å². The van der Waals surface area contributed by atoms with Crippen LogP contribution in [0.4, 0.5) is 5.69 Å². The average Bonchev–Trinajstić information content (AvgIpc) is 3.25. The highest BCUT2D eigenvalue weighted by atomic mass is 32.2. The van der Waals surface area contributed by atoms with Gasteiger partial charge in [-0.2, -0.15) is 0 Å². The van der Waals surface area contributed by atoms with Crippen molar-refractivity contribution in [3.05, 3.63) is 75.8 Å². The van der Waals surface area contributed by atoms with E-state index in [0.717, 1.165) is 31.2 Å². The molecule has 2 aromatic carbocycles. The molecule has 0 radical (unpaired) electrons. The molecule has 2 aromatic rings. The van der Waals surface area contributed by atoms with Gasteiger partial charge in [0.1, 0.15) is 0 Å². The number of benzene rings is 2. The van der Waals surface area contributed by atoms with Crippen LogP contribution in [0.2, 0.25) is 0 Å². The molecule has 1 saturated carbocycles. The van der Waals surface area contributed by atoms with E-state index in [-0.39, 0.29) is 22.5 Å². The Labute approximate surface area is 181 Å². The first kappa shape index (κ1) is 22.6. The zero-order valence-corrected chi connectivity index (χ0v) is 17.8. The molecular weight excluding hydrogens is 418 g/mol. The van der Waals surface area contributed by atoms with Crippen molar-refractivity contribution < 1.29 is 18.1 Å². The van der Waals surface area contributed by atoms with Gasteiger partial charge in [-0.3, -0.25) is 14.9 Å². The number of hydrogen-bond acceptors (Lipinski definition) is 5. The number of non-ortho nitro benzene ring substituents is 1. The second-order valence-electron chi connectivity index (χ2n) is 7.47. The van der Waals surface area contributed by atoms with Gasteiger partial charge >= 0.3 is 0 Å². The molecular formula is C22H25N3O5S. The Kier molecular flexibility index (Phi) is 7.54. The molecule has 0 aromatic heterocycles. The normalized spacial score (nSPS) is 14.7. The Hall–Kier alpha value is -3.04. The lowest BCUT2D eigenvalue weighted by Crippen LogP contribution is -2.32. The lowest BCUT2D eigenvalue weighted by Gasteiger charge is -2.12. The van der Waals surface area contributed by atoms with Gasteiger partial charge in [-0.25, -0.2) is 13.1 Å². The SMILES string of the molecule is O=C(/C=C/c1ccc([N+](=O)[O-])cc1)NCCc1ccc(S(=O)(=O)NC2CCCC2)cc1. The summed E-state index contributed by atoms with van der Waals surface area (Å²) >= 11 is 0. The van der Waals surface area contributed by atoms with Crippen LogP contribution in [0.15, 0.2) is 59.5 Å². The molecule has 1 fully saturated rings. The van der Waals surface area contributed by atoms with Crippen LogP contribution in [-0.4, -0.2) is 31.8 Å². The monoisotopic (exact) mass is 443 g/mol. The first-order valence-corrected chi connectivity index (χ1v) is 11.6. The smallest absolute Gasteiger partial charge is 0.269 e. The first-order chi connectivity index (χ1) is 14.8. The Morgan fingerprint density at radius 2 is 1.71 bits per heavy atom. The van der Waals surface area contributed by atoms with E-state index in [4.69, 9.17) is 0 Å². The number of rotatable bonds is 9. The van der Waals surface area contributed by atoms with Crippen LogP contribution in [0, 0.1) is 10.1 Å². The van der Waals surface area contributed by atoms with Crippen LogP contribution < -0.4 is 10.0 Å². The van der Waals surface area contributed by atoms with E-state index in [1.165, 1.54) is 18.2 Å². The second kappa shape index (κ2) is 10.3. The number of nitrogens with one attached hydrogen (secondary N) is 2. The molecule has 1 amide bonds. The quantitative estimate of drug-likeness (QED) is 0.350. The minimum atomic E-state index is -3.50. The Morgan fingerprint density at radius 3 is 2.32 bits per heavy atom. The fourth-order valence-corrected chi connectivity index (χ4v) is 4.74. The number of amides is 1. The van der Waals surface area contributed by atoms with Crippen LogP contribution in [0.1, 0.15) is 36.8 Å². The predicted molar refractivity (Wildman–Crippen MR) is 118 cm³/mol. The number of carbonyl (C=O) groups is 1. The van der Waals surface area contributed by atoms with Crippen molar-refractivity contribution in [1.29, 1.82) is 0 Å². The minimum Gasteiger partial charge on any atom is -0.352 e. The molecule has 0 unspecified atom stereocenters. The van der Waals surface area contributed by atoms with E-state index >= 15 is 0 Å². The molecule has 164 valence electrons. The number of carbonyl (C=O) groups excluding carboxylic acids is 1. The van der Waals surface area contributed by atoms with Crippen LogP contribution in [-0.2, 0) is 21.2 Å². The molecule has 0 atom stereocenters. The van der Waals surface area contributed by atoms with Crippen molar-refractivity contribution in [3.63, 3.8) is 0 Å². The van der Waals surface area contributed by atoms with Gasteiger partial charge in [0.2, 0.25) is 15.9 Å². The summed E-state index contributed by atoms with van der Waals surface area (Å²) in [4.78, 5) is 22.4. The van der Waals surface area contributed by atoms with Gasteiger partial charge in [0.15, 0.2) is 0 Å². The summed E-state index contributed by atoms with van der Waals surface area (Å²) in [6.07, 6.45) is 7.39. The third-order valence-electron chi connectivity index (χ3n) is 5.15. The van der Waals surface area contributed by atoms with Crippen molar-refractivity contribution >= 4 is 27.7 Å². The van der Waals surface area contributed by atoms with Crippen LogP contribution in [0.5, 0.6) is 0 Å². The van der Waals surface area contributed by atoms with Crippen molar-refractivity contribution in [2.75, 3.05) is 6.54 Å². The fraction of sp³-hybridized carbons (Fsp3) is 0.318. The molecule has 0 spiro atoms. The van der Waals surface area contributed by atoms with Crippen LogP contribution in [0.25, 0.3) is 6.08 Å². The number of hydrogen-bond donors (Lipinski definition) is 2. The van der Waals surface area contributed by atoms with Gasteiger partial charge in [-0.1, -0.05) is 25.0 Å². The molecule has 0 heterocycles. The van der Waals surface area contributed by atoms with E-state index in [9.17, 15) is 23.3 Å². The lowest BCUT2D eigenvalue weighted by molar-refractivity contribution is -0.384. The summed E-state index contributed by atoms with van der Waals surface area (Å²) in [6, 6.07) is 12.6. The van der Waals surface area contributed by atoms with E-state index < -0.39 is 14.9 Å². The molecule has 9 heteroatoms. The van der Waals surface area contributed by atoms with E-state index in [1.807, 2.05) is 0 Å². The zero-order valence-electron chi connectivity index (χ0n) is 17.0. The van der Waals surface area contributed by atoms with Crippen molar-refractivity contribution in [1.82, 2.24) is 10.0 Å². The highest BCUT2D eigenvalue weighted by molar-refractivity contribution is 7.89. The van der Waals surface area contributed by atoms with Gasteiger partial charge in [0.25, 0.3) is 5.69 Å². The Morgan fingerprint density at radius 1 is 1.06 bits per heavy atom. The van der Waals surface area contributed by atoms with Gasteiger partial charge in [-0.15, -0.1) is 0 Å². The Bertz CT molecular complexity index is 1040. The maximum Gasteiger partial charge on any atom is 0.269 e. The molecule has 8 nitrogen and oxygen atoms in total. The summed E-state index contributed by atoms with van der Waals surface area (Å²) in [7, 11) is -3.50. The maximum absolute atomic E-state index is 12.4. The molecule has 3 rings (SSSR count). The fourth-order valence-electron chi connectivity index (χ4n) is 3.43. The molecule has 1 aliphatic rings. The summed E-state index contributed by atoms with van der Waals surface area (Å²) in [5, 5.41) is 13.4. The summed E-state index contributed by atoms with van der Waals surface area (Å²) in [5.74, 6) is -0.279. The predicted octanol–water partition coefficient (Wildman–Crippen LogP) is 3.19. The summed E-state index contributed by atoms with van der Waals surface area (Å²) in [5.41, 5.74) is 1.60.